The monoisotopic (exact) mass is 946 g/mol. The molecule has 398 valence electrons. The van der Waals surface area contributed by atoms with Crippen molar-refractivity contribution in [2.75, 3.05) is 13.2 Å². The zero-order valence-corrected chi connectivity index (χ0v) is 45.4. The van der Waals surface area contributed by atoms with Crippen molar-refractivity contribution in [1.82, 2.24) is 5.32 Å². The van der Waals surface area contributed by atoms with Crippen LogP contribution in [0.15, 0.2) is 12.2 Å². The van der Waals surface area contributed by atoms with E-state index in [0.717, 1.165) is 38.5 Å². The number of amides is 1. The second-order valence-corrected chi connectivity index (χ2v) is 21.0. The molecule has 0 bridgehead atoms. The molecule has 0 aliphatic rings. The molecule has 6 nitrogen and oxygen atoms in total. The lowest BCUT2D eigenvalue weighted by atomic mass is 10.0. The van der Waals surface area contributed by atoms with E-state index in [2.05, 4.69) is 19.2 Å². The Morgan fingerprint density at radius 2 is 0.687 bits per heavy atom. The van der Waals surface area contributed by atoms with Gasteiger partial charge in [0.2, 0.25) is 5.91 Å². The SMILES string of the molecule is CCCCCCCCCCC/C=C/C(O)C(CO)NC(=O)CCCCCCCCCCCCCCCCCCCCCCCCCCCCCOC(=O)CCCCCCCCCCCCCC. The second kappa shape index (κ2) is 57.2. The molecule has 0 saturated heterocycles. The number of hydrogen-bond acceptors (Lipinski definition) is 5. The number of carbonyl (C=O) groups excluding carboxylic acids is 2. The molecule has 0 rings (SSSR count). The lowest BCUT2D eigenvalue weighted by Crippen LogP contribution is -2.45. The number of allylic oxidation sites excluding steroid dienone is 1. The maximum atomic E-state index is 12.4. The third-order valence-electron chi connectivity index (χ3n) is 14.3. The molecule has 1 amide bonds. The Labute approximate surface area is 419 Å². The van der Waals surface area contributed by atoms with Crippen LogP contribution < -0.4 is 5.32 Å². The Kier molecular flexibility index (Phi) is 56.0. The summed E-state index contributed by atoms with van der Waals surface area (Å²) in [5, 5.41) is 23.0. The van der Waals surface area contributed by atoms with Crippen LogP contribution in [0.3, 0.4) is 0 Å². The molecular weight excluding hydrogens is 827 g/mol. The van der Waals surface area contributed by atoms with Gasteiger partial charge in [-0.3, -0.25) is 9.59 Å². The minimum atomic E-state index is -0.840. The first-order chi connectivity index (χ1) is 33.0. The lowest BCUT2D eigenvalue weighted by molar-refractivity contribution is -0.143. The normalized spacial score (nSPS) is 12.6. The van der Waals surface area contributed by atoms with Crippen LogP contribution >= 0.6 is 0 Å². The van der Waals surface area contributed by atoms with E-state index in [1.165, 1.54) is 276 Å². The first kappa shape index (κ1) is 65.6. The van der Waals surface area contributed by atoms with Crippen LogP contribution in [-0.2, 0) is 14.3 Å². The van der Waals surface area contributed by atoms with E-state index in [1.807, 2.05) is 6.08 Å². The number of nitrogens with one attached hydrogen (secondary N) is 1. The number of esters is 1. The number of rotatable bonds is 57. The van der Waals surface area contributed by atoms with E-state index < -0.39 is 12.1 Å². The second-order valence-electron chi connectivity index (χ2n) is 21.0. The smallest absolute Gasteiger partial charge is 0.305 e. The molecule has 0 aliphatic heterocycles. The highest BCUT2D eigenvalue weighted by atomic mass is 16.5. The molecule has 0 radical (unpaired) electrons. The summed E-state index contributed by atoms with van der Waals surface area (Å²) in [5.41, 5.74) is 0. The van der Waals surface area contributed by atoms with Crippen LogP contribution in [-0.4, -0.2) is 47.4 Å². The summed E-state index contributed by atoms with van der Waals surface area (Å²) < 4.78 is 5.48. The average molecular weight is 947 g/mol. The molecule has 2 unspecified atom stereocenters. The molecule has 6 heteroatoms. The number of hydrogen-bond donors (Lipinski definition) is 3. The molecule has 0 aliphatic carbocycles. The van der Waals surface area contributed by atoms with Crippen LogP contribution in [0.4, 0.5) is 0 Å². The van der Waals surface area contributed by atoms with Crippen molar-refractivity contribution in [3.8, 4) is 0 Å². The van der Waals surface area contributed by atoms with Crippen molar-refractivity contribution in [3.63, 3.8) is 0 Å². The maximum Gasteiger partial charge on any atom is 0.305 e. The van der Waals surface area contributed by atoms with Gasteiger partial charge in [-0.05, 0) is 32.1 Å². The van der Waals surface area contributed by atoms with Gasteiger partial charge in [0.05, 0.1) is 25.4 Å². The highest BCUT2D eigenvalue weighted by Crippen LogP contribution is 2.18. The van der Waals surface area contributed by atoms with Gasteiger partial charge in [0.25, 0.3) is 0 Å². The van der Waals surface area contributed by atoms with Crippen molar-refractivity contribution in [2.24, 2.45) is 0 Å². The van der Waals surface area contributed by atoms with Crippen LogP contribution in [0.1, 0.15) is 341 Å². The molecule has 0 aromatic carbocycles. The molecule has 0 saturated carbocycles. The standard InChI is InChI=1S/C61H119NO5/c1-3-5-7-9-11-13-15-35-39-43-47-51-55-61(66)67-56-52-48-44-40-36-32-30-28-26-24-22-20-18-16-17-19-21-23-25-27-29-31-34-38-42-46-50-54-60(65)62-58(57-63)59(64)53-49-45-41-37-33-14-12-10-8-6-4-2/h49,53,58-59,63-64H,3-48,50-52,54-57H2,1-2H3,(H,62,65)/b53-49+. The lowest BCUT2D eigenvalue weighted by Gasteiger charge is -2.20. The van der Waals surface area contributed by atoms with Crippen LogP contribution in [0.25, 0.3) is 0 Å². The van der Waals surface area contributed by atoms with E-state index in [1.54, 1.807) is 6.08 Å². The quantitative estimate of drug-likeness (QED) is 0.0321. The number of aliphatic hydroxyl groups excluding tert-OH is 2. The highest BCUT2D eigenvalue weighted by Gasteiger charge is 2.18. The third-order valence-corrected chi connectivity index (χ3v) is 14.3. The van der Waals surface area contributed by atoms with Gasteiger partial charge in [-0.25, -0.2) is 0 Å². The summed E-state index contributed by atoms with van der Waals surface area (Å²) in [6, 6.07) is -0.623. The van der Waals surface area contributed by atoms with Crippen molar-refractivity contribution < 1.29 is 24.5 Å². The summed E-state index contributed by atoms with van der Waals surface area (Å²) in [4.78, 5) is 24.4. The van der Waals surface area contributed by atoms with Gasteiger partial charge in [-0.2, -0.15) is 0 Å². The minimum absolute atomic E-state index is 0.0187. The van der Waals surface area contributed by atoms with Crippen LogP contribution in [0.5, 0.6) is 0 Å². The fourth-order valence-electron chi connectivity index (χ4n) is 9.64. The van der Waals surface area contributed by atoms with E-state index in [-0.39, 0.29) is 18.5 Å². The van der Waals surface area contributed by atoms with Gasteiger partial charge in [0.1, 0.15) is 0 Å². The number of aliphatic hydroxyl groups is 2. The Morgan fingerprint density at radius 3 is 1.01 bits per heavy atom. The Hall–Kier alpha value is -1.40. The van der Waals surface area contributed by atoms with Crippen molar-refractivity contribution in [2.45, 2.75) is 353 Å². The molecule has 0 aromatic heterocycles. The molecule has 0 spiro atoms. The van der Waals surface area contributed by atoms with Crippen molar-refractivity contribution in [3.05, 3.63) is 12.2 Å². The van der Waals surface area contributed by atoms with Crippen molar-refractivity contribution >= 4 is 11.9 Å². The topological polar surface area (TPSA) is 95.9 Å². The molecule has 0 heterocycles. The van der Waals surface area contributed by atoms with Crippen molar-refractivity contribution in [1.29, 1.82) is 0 Å². The highest BCUT2D eigenvalue weighted by molar-refractivity contribution is 5.76. The minimum Gasteiger partial charge on any atom is -0.466 e. The van der Waals surface area contributed by atoms with Crippen LogP contribution in [0.2, 0.25) is 0 Å². The number of unbranched alkanes of at least 4 members (excludes halogenated alkanes) is 46. The predicted molar refractivity (Wildman–Crippen MR) is 292 cm³/mol. The summed E-state index contributed by atoms with van der Waals surface area (Å²) >= 11 is 0. The molecule has 0 fully saturated rings. The predicted octanol–water partition coefficient (Wildman–Crippen LogP) is 18.9. The maximum absolute atomic E-state index is 12.4. The number of carbonyl (C=O) groups is 2. The van der Waals surface area contributed by atoms with Gasteiger partial charge in [-0.15, -0.1) is 0 Å². The fraction of sp³-hybridized carbons (Fsp3) is 0.934. The third kappa shape index (κ3) is 53.8. The van der Waals surface area contributed by atoms with Gasteiger partial charge < -0.3 is 20.3 Å². The molecule has 2 atom stereocenters. The zero-order chi connectivity index (χ0) is 48.6. The Bertz CT molecular complexity index is 1000. The Morgan fingerprint density at radius 1 is 0.403 bits per heavy atom. The van der Waals surface area contributed by atoms with Gasteiger partial charge in [0.15, 0.2) is 0 Å². The first-order valence-corrected chi connectivity index (χ1v) is 30.5. The first-order valence-electron chi connectivity index (χ1n) is 30.5. The molecule has 0 aromatic rings. The van der Waals surface area contributed by atoms with Gasteiger partial charge in [0, 0.05) is 12.8 Å². The van der Waals surface area contributed by atoms with E-state index >= 15 is 0 Å². The molecule has 3 N–H and O–H groups in total. The summed E-state index contributed by atoms with van der Waals surface area (Å²) in [6.45, 7) is 4.91. The molecular formula is C61H119NO5. The Balaban J connectivity index is 3.33. The van der Waals surface area contributed by atoms with E-state index in [4.69, 9.17) is 4.74 Å². The van der Waals surface area contributed by atoms with E-state index in [9.17, 15) is 19.8 Å². The zero-order valence-electron chi connectivity index (χ0n) is 45.4. The number of ether oxygens (including phenoxy) is 1. The largest absolute Gasteiger partial charge is 0.466 e. The average Bonchev–Trinajstić information content (AvgIpc) is 3.33. The fourth-order valence-corrected chi connectivity index (χ4v) is 9.64. The summed E-state index contributed by atoms with van der Waals surface area (Å²) in [5.74, 6) is -0.0464. The van der Waals surface area contributed by atoms with Gasteiger partial charge in [-0.1, -0.05) is 309 Å². The van der Waals surface area contributed by atoms with E-state index in [0.29, 0.717) is 19.4 Å². The van der Waals surface area contributed by atoms with Crippen LogP contribution in [0, 0.1) is 0 Å². The summed E-state index contributed by atoms with van der Waals surface area (Å²) in [6.07, 6.45) is 68.3. The van der Waals surface area contributed by atoms with Gasteiger partial charge >= 0.3 is 5.97 Å². The summed E-state index contributed by atoms with van der Waals surface area (Å²) in [7, 11) is 0. The molecule has 67 heavy (non-hydrogen) atoms.